The number of hydrogen-bond donors (Lipinski definition) is 1. The second kappa shape index (κ2) is 8.35. The molecule has 2 aliphatic heterocycles. The Balaban J connectivity index is 1.35. The first kappa shape index (κ1) is 21.2. The van der Waals surface area contributed by atoms with E-state index >= 15 is 0 Å². The predicted molar refractivity (Wildman–Crippen MR) is 119 cm³/mol. The monoisotopic (exact) mass is 447 g/mol. The normalized spacial score (nSPS) is 19.8. The first-order valence-corrected chi connectivity index (χ1v) is 11.3. The fourth-order valence-corrected chi connectivity index (χ4v) is 4.52. The molecule has 5 rings (SSSR count). The Labute approximate surface area is 191 Å². The summed E-state index contributed by atoms with van der Waals surface area (Å²) >= 11 is 0. The summed E-state index contributed by atoms with van der Waals surface area (Å²) in [5, 5.41) is 2.85. The highest BCUT2D eigenvalue weighted by Gasteiger charge is 2.41. The summed E-state index contributed by atoms with van der Waals surface area (Å²) in [5.41, 5.74) is 1.66. The molecule has 0 unspecified atom stereocenters. The molecule has 0 bridgehead atoms. The van der Waals surface area contributed by atoms with E-state index in [0.29, 0.717) is 48.1 Å². The average molecular weight is 447 g/mol. The van der Waals surface area contributed by atoms with Gasteiger partial charge >= 0.3 is 0 Å². The number of fused-ring (bicyclic) bond motifs is 1. The molecule has 170 valence electrons. The maximum absolute atomic E-state index is 13.1. The second-order valence-electron chi connectivity index (χ2n) is 8.58. The van der Waals surface area contributed by atoms with E-state index in [2.05, 4.69) is 5.32 Å². The summed E-state index contributed by atoms with van der Waals surface area (Å²) in [4.78, 5) is 54.2. The van der Waals surface area contributed by atoms with Gasteiger partial charge in [-0.2, -0.15) is 0 Å². The number of nitrogens with one attached hydrogen (secondary N) is 1. The molecule has 2 heterocycles. The first-order chi connectivity index (χ1) is 16.0. The highest BCUT2D eigenvalue weighted by Crippen LogP contribution is 2.31. The average Bonchev–Trinajstić information content (AvgIpc) is 3.56. The Morgan fingerprint density at radius 1 is 1.03 bits per heavy atom. The minimum atomic E-state index is -0.549. The van der Waals surface area contributed by atoms with E-state index in [1.807, 2.05) is 11.8 Å². The van der Waals surface area contributed by atoms with Gasteiger partial charge in [-0.05, 0) is 56.0 Å². The molecule has 1 N–H and O–H groups in total. The van der Waals surface area contributed by atoms with Gasteiger partial charge in [-0.1, -0.05) is 18.2 Å². The number of likely N-dealkylation sites (tertiary alicyclic amines) is 1. The van der Waals surface area contributed by atoms with Crippen molar-refractivity contribution in [3.8, 4) is 5.75 Å². The van der Waals surface area contributed by atoms with Crippen molar-refractivity contribution in [1.82, 2.24) is 15.1 Å². The zero-order valence-electron chi connectivity index (χ0n) is 18.4. The fraction of sp³-hybridized carbons (Fsp3) is 0.360. The SMILES string of the molecule is CCOc1ccc(CN2C(=O)c3ccccc3C2=O)cc1C(=O)N[C@H]1CCN(C2CC2)C1=O. The minimum absolute atomic E-state index is 0.0361. The standard InChI is InChI=1S/C25H25N3O5/c1-2-33-21-10-7-15(14-28-23(30)17-5-3-4-6-18(17)24(28)31)13-19(21)22(29)26-20-11-12-27(25(20)32)16-8-9-16/h3-7,10,13,16,20H,2,8-9,11-12,14H2,1H3,(H,26,29)/t20-/m0/s1. The lowest BCUT2D eigenvalue weighted by Gasteiger charge is -2.18. The molecule has 2 fully saturated rings. The number of carbonyl (C=O) groups excluding carboxylic acids is 4. The van der Waals surface area contributed by atoms with E-state index in [4.69, 9.17) is 4.74 Å². The minimum Gasteiger partial charge on any atom is -0.493 e. The topological polar surface area (TPSA) is 96.0 Å². The van der Waals surface area contributed by atoms with E-state index < -0.39 is 11.9 Å². The Hall–Kier alpha value is -3.68. The van der Waals surface area contributed by atoms with Gasteiger partial charge in [0.15, 0.2) is 0 Å². The van der Waals surface area contributed by atoms with E-state index in [1.165, 1.54) is 4.90 Å². The Kier molecular flexibility index (Phi) is 5.36. The molecule has 1 atom stereocenters. The number of ether oxygens (including phenoxy) is 1. The van der Waals surface area contributed by atoms with Crippen LogP contribution in [0.15, 0.2) is 42.5 Å². The van der Waals surface area contributed by atoms with E-state index in [0.717, 1.165) is 12.8 Å². The summed E-state index contributed by atoms with van der Waals surface area (Å²) in [7, 11) is 0. The molecule has 1 aliphatic carbocycles. The zero-order valence-corrected chi connectivity index (χ0v) is 18.4. The lowest BCUT2D eigenvalue weighted by Crippen LogP contribution is -2.42. The van der Waals surface area contributed by atoms with Crippen LogP contribution in [0.25, 0.3) is 0 Å². The van der Waals surface area contributed by atoms with Gasteiger partial charge in [0.25, 0.3) is 17.7 Å². The van der Waals surface area contributed by atoms with Crippen LogP contribution in [0.3, 0.4) is 0 Å². The molecule has 1 saturated heterocycles. The Morgan fingerprint density at radius 3 is 2.36 bits per heavy atom. The van der Waals surface area contributed by atoms with Gasteiger partial charge in [0.1, 0.15) is 11.8 Å². The molecule has 0 radical (unpaired) electrons. The number of nitrogens with zero attached hydrogens (tertiary/aromatic N) is 2. The third-order valence-corrected chi connectivity index (χ3v) is 6.34. The molecule has 3 aliphatic rings. The summed E-state index contributed by atoms with van der Waals surface area (Å²) < 4.78 is 5.63. The number of rotatable bonds is 7. The van der Waals surface area contributed by atoms with Crippen LogP contribution in [0.1, 0.15) is 62.8 Å². The smallest absolute Gasteiger partial charge is 0.261 e. The highest BCUT2D eigenvalue weighted by molar-refractivity contribution is 6.21. The van der Waals surface area contributed by atoms with Crippen molar-refractivity contribution in [1.29, 1.82) is 0 Å². The van der Waals surface area contributed by atoms with Crippen LogP contribution in [0.4, 0.5) is 0 Å². The van der Waals surface area contributed by atoms with E-state index in [1.54, 1.807) is 42.5 Å². The molecular formula is C25H25N3O5. The largest absolute Gasteiger partial charge is 0.493 e. The van der Waals surface area contributed by atoms with E-state index in [9.17, 15) is 19.2 Å². The van der Waals surface area contributed by atoms with Gasteiger partial charge < -0.3 is 15.0 Å². The van der Waals surface area contributed by atoms with Crippen LogP contribution in [0.5, 0.6) is 5.75 Å². The maximum Gasteiger partial charge on any atom is 0.261 e. The first-order valence-electron chi connectivity index (χ1n) is 11.3. The van der Waals surface area contributed by atoms with Gasteiger partial charge in [-0.25, -0.2) is 0 Å². The Morgan fingerprint density at radius 2 is 1.73 bits per heavy atom. The molecule has 4 amide bonds. The molecule has 8 heteroatoms. The molecule has 8 nitrogen and oxygen atoms in total. The number of carbonyl (C=O) groups is 4. The summed E-state index contributed by atoms with van der Waals surface area (Å²) in [6.07, 6.45) is 2.64. The van der Waals surface area contributed by atoms with Crippen molar-refractivity contribution < 1.29 is 23.9 Å². The highest BCUT2D eigenvalue weighted by atomic mass is 16.5. The summed E-state index contributed by atoms with van der Waals surface area (Å²) in [6.45, 7) is 2.89. The number of benzene rings is 2. The Bertz CT molecular complexity index is 1120. The van der Waals surface area contributed by atoms with Gasteiger partial charge in [0.2, 0.25) is 5.91 Å². The molecule has 2 aromatic carbocycles. The summed E-state index contributed by atoms with van der Waals surface area (Å²) in [5.74, 6) is -0.755. The van der Waals surface area contributed by atoms with Crippen molar-refractivity contribution in [2.45, 2.75) is 44.8 Å². The third kappa shape index (κ3) is 3.86. The van der Waals surface area contributed by atoms with Crippen molar-refractivity contribution >= 4 is 23.6 Å². The van der Waals surface area contributed by atoms with Crippen LogP contribution in [0.2, 0.25) is 0 Å². The molecule has 2 aromatic rings. The molecule has 33 heavy (non-hydrogen) atoms. The molecular weight excluding hydrogens is 422 g/mol. The molecule has 0 spiro atoms. The maximum atomic E-state index is 13.1. The van der Waals surface area contributed by atoms with Crippen molar-refractivity contribution in [3.05, 3.63) is 64.7 Å². The quantitative estimate of drug-likeness (QED) is 0.658. The van der Waals surface area contributed by atoms with Gasteiger partial charge in [0.05, 0.1) is 29.8 Å². The lowest BCUT2D eigenvalue weighted by atomic mass is 10.1. The van der Waals surface area contributed by atoms with Crippen LogP contribution < -0.4 is 10.1 Å². The van der Waals surface area contributed by atoms with Crippen molar-refractivity contribution in [2.75, 3.05) is 13.2 Å². The number of amides is 4. The van der Waals surface area contributed by atoms with Crippen LogP contribution >= 0.6 is 0 Å². The molecule has 0 aromatic heterocycles. The lowest BCUT2D eigenvalue weighted by molar-refractivity contribution is -0.129. The second-order valence-corrected chi connectivity index (χ2v) is 8.58. The summed E-state index contributed by atoms with van der Waals surface area (Å²) in [6, 6.07) is 11.5. The number of imide groups is 1. The van der Waals surface area contributed by atoms with Gasteiger partial charge in [-0.3, -0.25) is 24.1 Å². The van der Waals surface area contributed by atoms with Crippen LogP contribution in [-0.4, -0.2) is 58.7 Å². The predicted octanol–water partition coefficient (Wildman–Crippen LogP) is 2.37. The van der Waals surface area contributed by atoms with Gasteiger partial charge in [-0.15, -0.1) is 0 Å². The van der Waals surface area contributed by atoms with E-state index in [-0.39, 0.29) is 29.8 Å². The van der Waals surface area contributed by atoms with Crippen LogP contribution in [0, 0.1) is 0 Å². The van der Waals surface area contributed by atoms with Gasteiger partial charge in [0, 0.05) is 12.6 Å². The van der Waals surface area contributed by atoms with Crippen LogP contribution in [-0.2, 0) is 11.3 Å². The fourth-order valence-electron chi connectivity index (χ4n) is 4.52. The zero-order chi connectivity index (χ0) is 23.1. The van der Waals surface area contributed by atoms with Crippen molar-refractivity contribution in [2.24, 2.45) is 0 Å². The molecule has 1 saturated carbocycles. The van der Waals surface area contributed by atoms with Crippen molar-refractivity contribution in [3.63, 3.8) is 0 Å². The number of hydrogen-bond acceptors (Lipinski definition) is 5. The third-order valence-electron chi connectivity index (χ3n) is 6.34.